The van der Waals surface area contributed by atoms with Crippen molar-refractivity contribution in [2.24, 2.45) is 0 Å². The van der Waals surface area contributed by atoms with E-state index in [9.17, 15) is 9.59 Å². The highest BCUT2D eigenvalue weighted by Gasteiger charge is 2.25. The Hall–Kier alpha value is -2.22. The van der Waals surface area contributed by atoms with Crippen molar-refractivity contribution in [2.45, 2.75) is 32.4 Å². The van der Waals surface area contributed by atoms with Gasteiger partial charge in [-0.3, -0.25) is 4.79 Å². The van der Waals surface area contributed by atoms with Crippen molar-refractivity contribution in [3.63, 3.8) is 0 Å². The number of ether oxygens (including phenoxy) is 2. The van der Waals surface area contributed by atoms with E-state index >= 15 is 0 Å². The Morgan fingerprint density at radius 2 is 2.14 bits per heavy atom. The Labute approximate surface area is 169 Å². The van der Waals surface area contributed by atoms with Crippen molar-refractivity contribution < 1.29 is 24.0 Å². The van der Waals surface area contributed by atoms with E-state index in [1.165, 1.54) is 4.88 Å². The summed E-state index contributed by atoms with van der Waals surface area (Å²) >= 11 is 1.70. The standard InChI is InChI=1S/C21H26N2O4S/c1-2-26-21(25)18-9-3-4-10-19(18)22-20(24)15-23(13-16-7-5-11-27-16)14-17-8-6-12-28-17/h3-4,6,8-10,12,16H,2,5,7,11,13-15H2,1H3,(H,22,24)/p+1/t16-/m0/s1. The van der Waals surface area contributed by atoms with Crippen LogP contribution < -0.4 is 10.2 Å². The van der Waals surface area contributed by atoms with Crippen molar-refractivity contribution in [3.05, 3.63) is 52.2 Å². The summed E-state index contributed by atoms with van der Waals surface area (Å²) in [6, 6.07) is 11.1. The lowest BCUT2D eigenvalue weighted by Crippen LogP contribution is -3.12. The number of para-hydroxylation sites is 1. The molecule has 2 atom stereocenters. The minimum atomic E-state index is -0.430. The molecule has 0 spiro atoms. The highest BCUT2D eigenvalue weighted by molar-refractivity contribution is 7.09. The van der Waals surface area contributed by atoms with Gasteiger partial charge in [-0.2, -0.15) is 0 Å². The van der Waals surface area contributed by atoms with Gasteiger partial charge in [-0.15, -0.1) is 11.3 Å². The number of amides is 1. The third-order valence-electron chi connectivity index (χ3n) is 4.65. The second-order valence-corrected chi connectivity index (χ2v) is 7.87. The largest absolute Gasteiger partial charge is 0.462 e. The normalized spacial score (nSPS) is 17.2. The number of nitrogens with one attached hydrogen (secondary N) is 2. The monoisotopic (exact) mass is 403 g/mol. The fourth-order valence-corrected chi connectivity index (χ4v) is 4.17. The molecular weight excluding hydrogens is 376 g/mol. The van der Waals surface area contributed by atoms with Gasteiger partial charge >= 0.3 is 5.97 Å². The average Bonchev–Trinajstić information content (AvgIpc) is 3.36. The SMILES string of the molecule is CCOC(=O)c1ccccc1NC(=O)C[NH+](Cc1cccs1)C[C@@H]1CCCO1. The maximum atomic E-state index is 12.7. The maximum absolute atomic E-state index is 12.7. The molecule has 2 heterocycles. The minimum Gasteiger partial charge on any atom is -0.462 e. The summed E-state index contributed by atoms with van der Waals surface area (Å²) in [5, 5.41) is 4.94. The lowest BCUT2D eigenvalue weighted by molar-refractivity contribution is -0.908. The van der Waals surface area contributed by atoms with Crippen LogP contribution in [0.25, 0.3) is 0 Å². The van der Waals surface area contributed by atoms with Crippen LogP contribution >= 0.6 is 11.3 Å². The molecule has 7 heteroatoms. The van der Waals surface area contributed by atoms with Gasteiger partial charge in [0, 0.05) is 6.61 Å². The molecular formula is C21H27N2O4S+. The van der Waals surface area contributed by atoms with E-state index < -0.39 is 5.97 Å². The van der Waals surface area contributed by atoms with E-state index in [4.69, 9.17) is 9.47 Å². The van der Waals surface area contributed by atoms with Crippen LogP contribution in [0.5, 0.6) is 0 Å². The molecule has 150 valence electrons. The molecule has 0 aliphatic carbocycles. The summed E-state index contributed by atoms with van der Waals surface area (Å²) in [7, 11) is 0. The Balaban J connectivity index is 1.65. The number of carbonyl (C=O) groups excluding carboxylic acids is 2. The van der Waals surface area contributed by atoms with Crippen LogP contribution in [0.15, 0.2) is 41.8 Å². The number of rotatable bonds is 9. The van der Waals surface area contributed by atoms with Crippen molar-refractivity contribution in [2.75, 3.05) is 31.6 Å². The Bertz CT molecular complexity index is 772. The summed E-state index contributed by atoms with van der Waals surface area (Å²) in [6.45, 7) is 4.75. The predicted octanol–water partition coefficient (Wildman–Crippen LogP) is 2.13. The van der Waals surface area contributed by atoms with Gasteiger partial charge in [0.05, 0.1) is 22.7 Å². The summed E-state index contributed by atoms with van der Waals surface area (Å²) < 4.78 is 10.8. The van der Waals surface area contributed by atoms with Gasteiger partial charge in [0.2, 0.25) is 0 Å². The molecule has 1 aromatic heterocycles. The Morgan fingerprint density at radius 1 is 1.29 bits per heavy atom. The summed E-state index contributed by atoms with van der Waals surface area (Å²) in [5.74, 6) is -0.554. The number of anilines is 1. The van der Waals surface area contributed by atoms with Gasteiger partial charge in [-0.05, 0) is 43.3 Å². The first-order valence-corrected chi connectivity index (χ1v) is 10.6. The van der Waals surface area contributed by atoms with Crippen molar-refractivity contribution in [1.82, 2.24) is 0 Å². The van der Waals surface area contributed by atoms with Crippen LogP contribution in [0.4, 0.5) is 5.69 Å². The van der Waals surface area contributed by atoms with E-state index in [-0.39, 0.29) is 12.0 Å². The van der Waals surface area contributed by atoms with Crippen LogP contribution in [0.3, 0.4) is 0 Å². The zero-order valence-electron chi connectivity index (χ0n) is 16.1. The van der Waals surface area contributed by atoms with E-state index in [1.54, 1.807) is 42.5 Å². The molecule has 0 bridgehead atoms. The third kappa shape index (κ3) is 5.89. The number of quaternary nitrogens is 1. The van der Waals surface area contributed by atoms with Gasteiger partial charge in [0.25, 0.3) is 5.91 Å². The smallest absolute Gasteiger partial charge is 0.340 e. The summed E-state index contributed by atoms with van der Waals surface area (Å²) in [6.07, 6.45) is 2.33. The van der Waals surface area contributed by atoms with Crippen LogP contribution in [-0.2, 0) is 20.8 Å². The third-order valence-corrected chi connectivity index (χ3v) is 5.53. The van der Waals surface area contributed by atoms with E-state index in [1.807, 2.05) is 6.07 Å². The highest BCUT2D eigenvalue weighted by Crippen LogP contribution is 2.16. The maximum Gasteiger partial charge on any atom is 0.340 e. The van der Waals surface area contributed by atoms with Crippen LogP contribution in [0.2, 0.25) is 0 Å². The van der Waals surface area contributed by atoms with Crippen molar-refractivity contribution in [3.8, 4) is 0 Å². The van der Waals surface area contributed by atoms with Crippen molar-refractivity contribution in [1.29, 1.82) is 0 Å². The highest BCUT2D eigenvalue weighted by atomic mass is 32.1. The fourth-order valence-electron chi connectivity index (χ4n) is 3.39. The number of hydrogen-bond donors (Lipinski definition) is 2. The van der Waals surface area contributed by atoms with Gasteiger partial charge in [-0.1, -0.05) is 18.2 Å². The Kier molecular flexibility index (Phi) is 7.59. The first-order chi connectivity index (χ1) is 13.7. The second-order valence-electron chi connectivity index (χ2n) is 6.84. The second kappa shape index (κ2) is 10.4. The molecule has 1 fully saturated rings. The Morgan fingerprint density at radius 3 is 2.86 bits per heavy atom. The summed E-state index contributed by atoms with van der Waals surface area (Å²) in [4.78, 5) is 27.2. The van der Waals surface area contributed by atoms with Crippen molar-refractivity contribution >= 4 is 28.9 Å². The van der Waals surface area contributed by atoms with Gasteiger partial charge < -0.3 is 19.7 Å². The van der Waals surface area contributed by atoms with Gasteiger partial charge in [-0.25, -0.2) is 4.79 Å². The van der Waals surface area contributed by atoms with Gasteiger partial charge in [0.15, 0.2) is 6.54 Å². The zero-order valence-corrected chi connectivity index (χ0v) is 16.9. The first-order valence-electron chi connectivity index (χ1n) is 9.69. The van der Waals surface area contributed by atoms with Crippen LogP contribution in [0.1, 0.15) is 35.0 Å². The number of thiophene rings is 1. The van der Waals surface area contributed by atoms with E-state index in [0.717, 1.165) is 37.4 Å². The molecule has 1 aliphatic rings. The number of hydrogen-bond acceptors (Lipinski definition) is 5. The minimum absolute atomic E-state index is 0.124. The molecule has 28 heavy (non-hydrogen) atoms. The molecule has 0 saturated carbocycles. The molecule has 3 rings (SSSR count). The number of benzene rings is 1. The van der Waals surface area contributed by atoms with E-state index in [2.05, 4.69) is 16.8 Å². The van der Waals surface area contributed by atoms with Gasteiger partial charge in [0.1, 0.15) is 19.2 Å². The number of esters is 1. The molecule has 6 nitrogen and oxygen atoms in total. The average molecular weight is 404 g/mol. The molecule has 1 saturated heterocycles. The zero-order chi connectivity index (χ0) is 19.8. The molecule has 2 aromatic rings. The number of carbonyl (C=O) groups is 2. The fraction of sp³-hybridized carbons (Fsp3) is 0.429. The molecule has 1 amide bonds. The molecule has 1 aromatic carbocycles. The predicted molar refractivity (Wildman–Crippen MR) is 109 cm³/mol. The molecule has 2 N–H and O–H groups in total. The first kappa shape index (κ1) is 20.5. The lowest BCUT2D eigenvalue weighted by atomic mass is 10.1. The lowest BCUT2D eigenvalue weighted by Gasteiger charge is -2.21. The van der Waals surface area contributed by atoms with Crippen LogP contribution in [0, 0.1) is 0 Å². The van der Waals surface area contributed by atoms with E-state index in [0.29, 0.717) is 24.4 Å². The molecule has 0 radical (unpaired) electrons. The molecule has 1 aliphatic heterocycles. The topological polar surface area (TPSA) is 69.1 Å². The molecule has 1 unspecified atom stereocenters. The quantitative estimate of drug-likeness (QED) is 0.630. The van der Waals surface area contributed by atoms with Crippen LogP contribution in [-0.4, -0.2) is 44.3 Å². The summed E-state index contributed by atoms with van der Waals surface area (Å²) in [5.41, 5.74) is 0.857.